The van der Waals surface area contributed by atoms with Crippen LogP contribution in [0.4, 0.5) is 8.78 Å². The van der Waals surface area contributed by atoms with Gasteiger partial charge in [-0.1, -0.05) is 29.3 Å². The zero-order valence-electron chi connectivity index (χ0n) is 21.3. The van der Waals surface area contributed by atoms with Crippen LogP contribution in [0.2, 0.25) is 10.0 Å². The van der Waals surface area contributed by atoms with E-state index in [-0.39, 0.29) is 39.4 Å². The number of aromatic nitrogens is 1. The van der Waals surface area contributed by atoms with Gasteiger partial charge in [-0.25, -0.2) is 13.2 Å². The summed E-state index contributed by atoms with van der Waals surface area (Å²) in [6.07, 6.45) is 5.96. The van der Waals surface area contributed by atoms with Crippen LogP contribution in [-0.4, -0.2) is 54.6 Å². The molecule has 1 aliphatic carbocycles. The summed E-state index contributed by atoms with van der Waals surface area (Å²) >= 11 is 13.8. The lowest BCUT2D eigenvalue weighted by molar-refractivity contribution is -0.150. The number of ether oxygens (including phenoxy) is 3. The molecule has 2 fully saturated rings. The summed E-state index contributed by atoms with van der Waals surface area (Å²) in [4.78, 5) is 17.4. The molecule has 41 heavy (non-hydrogen) atoms. The van der Waals surface area contributed by atoms with Crippen molar-refractivity contribution >= 4 is 51.0 Å². The number of rotatable bonds is 12. The molecule has 0 unspecified atom stereocenters. The Morgan fingerprint density at radius 1 is 1.17 bits per heavy atom. The molecule has 1 saturated heterocycles. The largest absolute Gasteiger partial charge is 0.489 e. The Balaban J connectivity index is 1.46. The molecule has 3 aromatic rings. The molecule has 15 heteroatoms. The van der Waals surface area contributed by atoms with Gasteiger partial charge < -0.3 is 18.6 Å². The molecular formula is C26H24Cl2F2N2O7S2. The lowest BCUT2D eigenvalue weighted by Crippen LogP contribution is -2.40. The number of hydrogen-bond acceptors (Lipinski definition) is 9. The van der Waals surface area contributed by atoms with Gasteiger partial charge >= 0.3 is 12.6 Å². The number of furan rings is 1. The van der Waals surface area contributed by atoms with Gasteiger partial charge in [0.25, 0.3) is 0 Å². The maximum Gasteiger partial charge on any atom is 0.387 e. The number of esters is 1. The monoisotopic (exact) mass is 648 g/mol. The van der Waals surface area contributed by atoms with Crippen LogP contribution in [0, 0.1) is 5.92 Å². The summed E-state index contributed by atoms with van der Waals surface area (Å²) in [5, 5.41) is -0.727. The number of thioether (sulfide) groups is 1. The molecule has 0 spiro atoms. The van der Waals surface area contributed by atoms with Gasteiger partial charge in [0.05, 0.1) is 22.9 Å². The molecule has 0 radical (unpaired) electrons. The van der Waals surface area contributed by atoms with Gasteiger partial charge in [0, 0.05) is 31.1 Å². The van der Waals surface area contributed by atoms with E-state index in [2.05, 4.69) is 9.72 Å². The van der Waals surface area contributed by atoms with Crippen molar-refractivity contribution in [2.75, 3.05) is 18.9 Å². The first-order chi connectivity index (χ1) is 19.6. The molecule has 1 aromatic carbocycles. The third-order valence-electron chi connectivity index (χ3n) is 6.48. The summed E-state index contributed by atoms with van der Waals surface area (Å²) in [7, 11) is -4.04. The maximum atomic E-state index is 13.5. The summed E-state index contributed by atoms with van der Waals surface area (Å²) < 4.78 is 74.8. The third kappa shape index (κ3) is 7.08. The van der Waals surface area contributed by atoms with E-state index in [9.17, 15) is 22.0 Å². The Kier molecular flexibility index (Phi) is 9.29. The first-order valence-corrected chi connectivity index (χ1v) is 15.7. The van der Waals surface area contributed by atoms with Crippen LogP contribution in [0.1, 0.15) is 30.1 Å². The lowest BCUT2D eigenvalue weighted by Gasteiger charge is -2.25. The van der Waals surface area contributed by atoms with Crippen molar-refractivity contribution in [3.8, 4) is 11.5 Å². The Bertz CT molecular complexity index is 1470. The smallest absolute Gasteiger partial charge is 0.387 e. The van der Waals surface area contributed by atoms with Crippen LogP contribution in [-0.2, 0) is 26.0 Å². The summed E-state index contributed by atoms with van der Waals surface area (Å²) in [6, 6.07) is 5.52. The first kappa shape index (κ1) is 29.9. The Labute approximate surface area is 249 Å². The molecule has 9 nitrogen and oxygen atoms in total. The van der Waals surface area contributed by atoms with E-state index in [1.165, 1.54) is 42.9 Å². The number of sulfonamides is 1. The molecule has 220 valence electrons. The number of benzene rings is 1. The summed E-state index contributed by atoms with van der Waals surface area (Å²) in [5.74, 6) is -0.245. The van der Waals surface area contributed by atoms with Crippen LogP contribution in [0.15, 0.2) is 58.5 Å². The van der Waals surface area contributed by atoms with Crippen LogP contribution in [0.3, 0.4) is 0 Å². The van der Waals surface area contributed by atoms with Crippen molar-refractivity contribution in [1.82, 2.24) is 9.29 Å². The fraction of sp³-hybridized carbons (Fsp3) is 0.385. The van der Waals surface area contributed by atoms with E-state index in [1.54, 1.807) is 0 Å². The minimum absolute atomic E-state index is 0.0189. The summed E-state index contributed by atoms with van der Waals surface area (Å²) in [5.41, 5.74) is 0.804. The van der Waals surface area contributed by atoms with Crippen molar-refractivity contribution in [2.24, 2.45) is 5.92 Å². The molecule has 3 heterocycles. The number of nitrogens with zero attached hydrogens (tertiary/aromatic N) is 2. The summed E-state index contributed by atoms with van der Waals surface area (Å²) in [6.45, 7) is -2.67. The number of hydrogen-bond donors (Lipinski definition) is 0. The van der Waals surface area contributed by atoms with Gasteiger partial charge in [0.1, 0.15) is 17.3 Å². The molecule has 1 aliphatic heterocycles. The van der Waals surface area contributed by atoms with Crippen LogP contribution in [0.25, 0.3) is 0 Å². The van der Waals surface area contributed by atoms with Crippen LogP contribution < -0.4 is 9.47 Å². The van der Waals surface area contributed by atoms with Crippen molar-refractivity contribution in [3.63, 3.8) is 0 Å². The van der Waals surface area contributed by atoms with Crippen LogP contribution >= 0.6 is 35.0 Å². The third-order valence-corrected chi connectivity index (χ3v) is 10.3. The molecule has 2 aromatic heterocycles. The number of carbonyl (C=O) groups excluding carboxylic acids is 1. The minimum atomic E-state index is -4.04. The zero-order chi connectivity index (χ0) is 29.1. The highest BCUT2D eigenvalue weighted by molar-refractivity contribution is 8.02. The molecule has 2 atom stereocenters. The fourth-order valence-corrected chi connectivity index (χ4v) is 7.68. The molecule has 1 saturated carbocycles. The van der Waals surface area contributed by atoms with E-state index in [0.29, 0.717) is 29.4 Å². The average Bonchev–Trinajstić information content (AvgIpc) is 3.36. The molecule has 2 aliphatic rings. The highest BCUT2D eigenvalue weighted by Gasteiger charge is 2.42. The zero-order valence-corrected chi connectivity index (χ0v) is 24.4. The molecule has 0 N–H and O–H groups in total. The van der Waals surface area contributed by atoms with Gasteiger partial charge in [0.2, 0.25) is 10.0 Å². The molecule has 5 rings (SSSR count). The first-order valence-electron chi connectivity index (χ1n) is 12.5. The predicted octanol–water partition coefficient (Wildman–Crippen LogP) is 5.96. The second-order valence-corrected chi connectivity index (χ2v) is 13.2. The molecule has 0 bridgehead atoms. The lowest BCUT2D eigenvalue weighted by atomic mass is 10.0. The van der Waals surface area contributed by atoms with E-state index >= 15 is 0 Å². The second-order valence-electron chi connectivity index (χ2n) is 9.35. The standard InChI is InChI=1S/C26H24Cl2F2N2O7S2/c27-19-11-31-12-20(28)18(19)10-22(16-3-4-21(39-26(29)30)23(9-16)37-13-15-1-2-15)38-25(33)24-32(6-8-40-24)41(34,35)17-5-7-36-14-17/h3-5,7,9,11-12,14-15,22,24,26H,1-2,6,8,10,13H2/t22-,24-/m0/s1. The Morgan fingerprint density at radius 3 is 2.59 bits per heavy atom. The topological polar surface area (TPSA) is 108 Å². The van der Waals surface area contributed by atoms with Gasteiger partial charge in [-0.2, -0.15) is 13.1 Å². The minimum Gasteiger partial charge on any atom is -0.489 e. The highest BCUT2D eigenvalue weighted by Crippen LogP contribution is 2.39. The van der Waals surface area contributed by atoms with Crippen molar-refractivity contribution in [2.45, 2.75) is 42.2 Å². The average molecular weight is 650 g/mol. The van der Waals surface area contributed by atoms with Gasteiger partial charge in [-0.15, -0.1) is 11.8 Å². The van der Waals surface area contributed by atoms with E-state index in [1.807, 2.05) is 0 Å². The van der Waals surface area contributed by atoms with Gasteiger partial charge in [0.15, 0.2) is 16.9 Å². The number of carbonyl (C=O) groups is 1. The van der Waals surface area contributed by atoms with E-state index in [0.717, 1.165) is 35.2 Å². The quantitative estimate of drug-likeness (QED) is 0.220. The fourth-order valence-electron chi connectivity index (χ4n) is 4.19. The van der Waals surface area contributed by atoms with E-state index in [4.69, 9.17) is 37.1 Å². The van der Waals surface area contributed by atoms with Gasteiger partial charge in [-0.05, 0) is 48.1 Å². The van der Waals surface area contributed by atoms with Crippen molar-refractivity contribution in [3.05, 3.63) is 70.4 Å². The molecular weight excluding hydrogens is 625 g/mol. The van der Waals surface area contributed by atoms with Gasteiger partial charge in [-0.3, -0.25) is 4.98 Å². The highest BCUT2D eigenvalue weighted by atomic mass is 35.5. The second kappa shape index (κ2) is 12.7. The van der Waals surface area contributed by atoms with E-state index < -0.39 is 34.1 Å². The SMILES string of the molecule is O=C(O[C@@H](Cc1c(Cl)cncc1Cl)c1ccc(OC(F)F)c(OCC2CC2)c1)[C@@H]1SCCN1S(=O)(=O)c1ccoc1. The Morgan fingerprint density at radius 2 is 1.93 bits per heavy atom. The maximum absolute atomic E-state index is 13.5. The van der Waals surface area contributed by atoms with Crippen LogP contribution in [0.5, 0.6) is 11.5 Å². The van der Waals surface area contributed by atoms with Crippen molar-refractivity contribution < 1.29 is 40.6 Å². The number of pyridine rings is 1. The number of alkyl halides is 2. The van der Waals surface area contributed by atoms with Crippen molar-refractivity contribution in [1.29, 1.82) is 0 Å². The normalized spacial score (nSPS) is 18.4. The Hall–Kier alpha value is -2.58. The predicted molar refractivity (Wildman–Crippen MR) is 147 cm³/mol. The molecule has 0 amide bonds. The number of halogens is 4.